The largest absolute Gasteiger partial charge is 0.465 e. The average molecular weight is 283 g/mol. The van der Waals surface area contributed by atoms with Crippen molar-refractivity contribution < 1.29 is 19.1 Å². The van der Waals surface area contributed by atoms with Gasteiger partial charge in [-0.1, -0.05) is 0 Å². The Morgan fingerprint density at radius 1 is 1.16 bits per heavy atom. The summed E-state index contributed by atoms with van der Waals surface area (Å²) >= 11 is 1.72. The van der Waals surface area contributed by atoms with Crippen molar-refractivity contribution >= 4 is 23.7 Å². The van der Waals surface area contributed by atoms with E-state index in [4.69, 9.17) is 9.47 Å². The highest BCUT2D eigenvalue weighted by molar-refractivity contribution is 7.99. The lowest BCUT2D eigenvalue weighted by molar-refractivity contribution is 0.0554. The number of esters is 2. The van der Waals surface area contributed by atoms with Gasteiger partial charge < -0.3 is 14.0 Å². The molecular weight excluding hydrogens is 266 g/mol. The van der Waals surface area contributed by atoms with Crippen LogP contribution in [0, 0.1) is 6.92 Å². The molecule has 0 aromatic carbocycles. The molecule has 1 aromatic rings. The number of rotatable bonds is 2. The molecule has 0 aliphatic carbocycles. The van der Waals surface area contributed by atoms with E-state index in [0.29, 0.717) is 11.1 Å². The number of carbonyl (C=O) groups is 2. The Kier molecular flexibility index (Phi) is 3.38. The van der Waals surface area contributed by atoms with Crippen molar-refractivity contribution in [3.8, 4) is 0 Å². The van der Waals surface area contributed by atoms with Crippen LogP contribution in [0.15, 0.2) is 0 Å². The minimum Gasteiger partial charge on any atom is -0.465 e. The molecule has 6 heteroatoms. The molecule has 104 valence electrons. The lowest BCUT2D eigenvalue weighted by Gasteiger charge is -2.17. The fourth-order valence-corrected chi connectivity index (χ4v) is 3.59. The normalized spacial score (nSPS) is 16.1. The van der Waals surface area contributed by atoms with Crippen LogP contribution in [-0.4, -0.2) is 30.7 Å². The molecule has 0 amide bonds. The predicted octanol–water partition coefficient (Wildman–Crippen LogP) is 2.31. The molecule has 0 saturated heterocycles. The second-order valence-corrected chi connectivity index (χ2v) is 6.45. The molecule has 0 fully saturated rings. The summed E-state index contributed by atoms with van der Waals surface area (Å²) in [7, 11) is 2.63. The maximum Gasteiger partial charge on any atom is 0.340 e. The number of carbonyl (C=O) groups excluding carboxylic acids is 2. The lowest BCUT2D eigenvalue weighted by atomic mass is 10.0. The zero-order valence-electron chi connectivity index (χ0n) is 11.7. The van der Waals surface area contributed by atoms with Gasteiger partial charge in [0.25, 0.3) is 0 Å². The van der Waals surface area contributed by atoms with Crippen molar-refractivity contribution in [3.63, 3.8) is 0 Å². The van der Waals surface area contributed by atoms with Gasteiger partial charge >= 0.3 is 11.9 Å². The van der Waals surface area contributed by atoms with Crippen LogP contribution in [0.1, 0.15) is 46.0 Å². The average Bonchev–Trinajstić information content (AvgIpc) is 2.84. The summed E-state index contributed by atoms with van der Waals surface area (Å²) in [6.45, 7) is 5.89. The first-order valence-corrected chi connectivity index (χ1v) is 6.87. The van der Waals surface area contributed by atoms with E-state index in [0.717, 1.165) is 17.3 Å². The summed E-state index contributed by atoms with van der Waals surface area (Å²) in [4.78, 5) is 24.0. The fourth-order valence-electron chi connectivity index (χ4n) is 2.47. The van der Waals surface area contributed by atoms with Crippen molar-refractivity contribution in [2.24, 2.45) is 0 Å². The van der Waals surface area contributed by atoms with Gasteiger partial charge in [0.15, 0.2) is 0 Å². The van der Waals surface area contributed by atoms with Crippen LogP contribution >= 0.6 is 11.8 Å². The molecule has 2 heterocycles. The van der Waals surface area contributed by atoms with Gasteiger partial charge in [0, 0.05) is 11.4 Å². The van der Waals surface area contributed by atoms with Gasteiger partial charge in [0.1, 0.15) is 0 Å². The lowest BCUT2D eigenvalue weighted by Crippen LogP contribution is -2.17. The topological polar surface area (TPSA) is 57.5 Å². The Balaban J connectivity index is 2.77. The van der Waals surface area contributed by atoms with Crippen LogP contribution in [0.25, 0.3) is 0 Å². The minimum atomic E-state index is -0.499. The van der Waals surface area contributed by atoms with E-state index in [1.54, 1.807) is 11.8 Å². The highest BCUT2D eigenvalue weighted by Crippen LogP contribution is 2.47. The number of aromatic nitrogens is 1. The van der Waals surface area contributed by atoms with Crippen molar-refractivity contribution in [3.05, 3.63) is 22.5 Å². The molecule has 19 heavy (non-hydrogen) atoms. The number of hydrogen-bond acceptors (Lipinski definition) is 5. The van der Waals surface area contributed by atoms with Gasteiger partial charge in [0.05, 0.1) is 36.0 Å². The second kappa shape index (κ2) is 4.59. The van der Waals surface area contributed by atoms with E-state index >= 15 is 0 Å². The molecule has 1 aliphatic heterocycles. The summed E-state index contributed by atoms with van der Waals surface area (Å²) < 4.78 is 11.4. The molecule has 0 N–H and O–H groups in total. The van der Waals surface area contributed by atoms with E-state index in [2.05, 4.69) is 0 Å². The van der Waals surface area contributed by atoms with Crippen molar-refractivity contribution in [2.75, 3.05) is 14.2 Å². The third-order valence-electron chi connectivity index (χ3n) is 3.43. The van der Waals surface area contributed by atoms with Gasteiger partial charge in [-0.2, -0.15) is 0 Å². The molecule has 1 aliphatic rings. The number of hydrogen-bond donors (Lipinski definition) is 0. The van der Waals surface area contributed by atoms with Gasteiger partial charge in [-0.25, -0.2) is 9.59 Å². The first-order chi connectivity index (χ1) is 8.85. The molecule has 0 atom stereocenters. The Hall–Kier alpha value is -1.43. The summed E-state index contributed by atoms with van der Waals surface area (Å²) in [5.41, 5.74) is 2.24. The number of thioether (sulfide) groups is 1. The van der Waals surface area contributed by atoms with Crippen LogP contribution in [0.2, 0.25) is 0 Å². The van der Waals surface area contributed by atoms with Crippen LogP contribution in [0.3, 0.4) is 0 Å². The molecular formula is C13H17NO4S. The van der Waals surface area contributed by atoms with E-state index < -0.39 is 11.9 Å². The zero-order chi connectivity index (χ0) is 14.4. The number of nitrogens with zero attached hydrogens (tertiary/aromatic N) is 1. The maximum atomic E-state index is 12.1. The van der Waals surface area contributed by atoms with Gasteiger partial charge in [-0.05, 0) is 20.8 Å². The number of fused-ring (bicyclic) bond motifs is 1. The first kappa shape index (κ1) is 14.0. The van der Waals surface area contributed by atoms with E-state index in [1.165, 1.54) is 14.2 Å². The molecule has 2 rings (SSSR count). The van der Waals surface area contributed by atoms with E-state index in [1.807, 2.05) is 25.3 Å². The van der Waals surface area contributed by atoms with Crippen molar-refractivity contribution in [1.29, 1.82) is 0 Å². The van der Waals surface area contributed by atoms with Crippen LogP contribution in [0.5, 0.6) is 0 Å². The molecule has 0 spiro atoms. The molecule has 0 unspecified atom stereocenters. The van der Waals surface area contributed by atoms with Crippen LogP contribution < -0.4 is 0 Å². The monoisotopic (exact) mass is 283 g/mol. The SMILES string of the molecule is COC(=O)c1c(C(=O)OC)c2n(c1C)CSC2(C)C. The van der Waals surface area contributed by atoms with Gasteiger partial charge in [-0.3, -0.25) is 0 Å². The standard InChI is InChI=1S/C13H17NO4S/c1-7-8(11(15)17-4)9(12(16)18-5)10-13(2,3)19-6-14(7)10/h6H2,1-5H3. The number of ether oxygens (including phenoxy) is 2. The summed E-state index contributed by atoms with van der Waals surface area (Å²) in [5, 5.41) is 0. The molecule has 1 aromatic heterocycles. The summed E-state index contributed by atoms with van der Waals surface area (Å²) in [5.74, 6) is -0.275. The Bertz CT molecular complexity index is 559. The van der Waals surface area contributed by atoms with Crippen LogP contribution in [0.4, 0.5) is 0 Å². The third kappa shape index (κ3) is 1.94. The third-order valence-corrected chi connectivity index (χ3v) is 4.73. The Morgan fingerprint density at radius 3 is 2.21 bits per heavy atom. The van der Waals surface area contributed by atoms with Gasteiger partial charge in [-0.15, -0.1) is 11.8 Å². The van der Waals surface area contributed by atoms with Crippen molar-refractivity contribution in [2.45, 2.75) is 31.4 Å². The first-order valence-electron chi connectivity index (χ1n) is 5.89. The minimum absolute atomic E-state index is 0.236. The summed E-state index contributed by atoms with van der Waals surface area (Å²) in [6.07, 6.45) is 0. The quantitative estimate of drug-likeness (QED) is 0.780. The fraction of sp³-hybridized carbons (Fsp3) is 0.538. The van der Waals surface area contributed by atoms with Gasteiger partial charge in [0.2, 0.25) is 0 Å². The molecule has 0 saturated carbocycles. The highest BCUT2D eigenvalue weighted by Gasteiger charge is 2.41. The van der Waals surface area contributed by atoms with Crippen molar-refractivity contribution in [1.82, 2.24) is 4.57 Å². The van der Waals surface area contributed by atoms with E-state index in [-0.39, 0.29) is 4.75 Å². The maximum absolute atomic E-state index is 12.1. The molecule has 0 radical (unpaired) electrons. The van der Waals surface area contributed by atoms with E-state index in [9.17, 15) is 9.59 Å². The Morgan fingerprint density at radius 2 is 1.68 bits per heavy atom. The number of methoxy groups -OCH3 is 2. The Labute approximate surface area is 116 Å². The molecule has 5 nitrogen and oxygen atoms in total. The summed E-state index contributed by atoms with van der Waals surface area (Å²) in [6, 6.07) is 0. The second-order valence-electron chi connectivity index (χ2n) is 4.88. The van der Waals surface area contributed by atoms with Crippen LogP contribution in [-0.2, 0) is 20.1 Å². The zero-order valence-corrected chi connectivity index (χ0v) is 12.5. The predicted molar refractivity (Wildman–Crippen MR) is 72.5 cm³/mol. The molecule has 0 bridgehead atoms. The smallest absolute Gasteiger partial charge is 0.340 e. The highest BCUT2D eigenvalue weighted by atomic mass is 32.2.